The summed E-state index contributed by atoms with van der Waals surface area (Å²) in [5.74, 6) is -0.444. The maximum atomic E-state index is 12.4. The zero-order chi connectivity index (χ0) is 17.2. The van der Waals surface area contributed by atoms with Gasteiger partial charge in [0, 0.05) is 23.0 Å². The summed E-state index contributed by atoms with van der Waals surface area (Å²) in [6.45, 7) is 0.468. The number of amides is 1. The molecule has 1 aliphatic rings. The minimum Gasteiger partial charge on any atom is -0.351 e. The molecule has 0 radical (unpaired) electrons. The van der Waals surface area contributed by atoms with Gasteiger partial charge in [-0.3, -0.25) is 14.9 Å². The number of halogens is 1. The summed E-state index contributed by atoms with van der Waals surface area (Å²) >= 11 is 5.79. The number of nitro groups is 1. The van der Waals surface area contributed by atoms with Crippen LogP contribution in [0.5, 0.6) is 0 Å². The molecule has 0 atom stereocenters. The van der Waals surface area contributed by atoms with E-state index in [2.05, 4.69) is 17.4 Å². The Labute approximate surface area is 144 Å². The van der Waals surface area contributed by atoms with Gasteiger partial charge in [-0.2, -0.15) is 0 Å². The molecule has 0 bridgehead atoms. The van der Waals surface area contributed by atoms with Crippen molar-refractivity contribution in [3.05, 3.63) is 74.8 Å². The first-order valence-corrected chi connectivity index (χ1v) is 8.17. The van der Waals surface area contributed by atoms with Crippen LogP contribution in [0.15, 0.2) is 48.5 Å². The Morgan fingerprint density at radius 3 is 2.50 bits per heavy atom. The molecule has 2 aromatic rings. The van der Waals surface area contributed by atoms with Crippen LogP contribution >= 0.6 is 11.6 Å². The van der Waals surface area contributed by atoms with E-state index in [1.165, 1.54) is 23.8 Å². The fourth-order valence-electron chi connectivity index (χ4n) is 3.16. The number of benzene rings is 2. The van der Waals surface area contributed by atoms with Crippen molar-refractivity contribution >= 4 is 23.2 Å². The number of carbonyl (C=O) groups excluding carboxylic acids is 1. The Morgan fingerprint density at radius 1 is 1.21 bits per heavy atom. The van der Waals surface area contributed by atoms with E-state index >= 15 is 0 Å². The van der Waals surface area contributed by atoms with Crippen molar-refractivity contribution in [1.82, 2.24) is 5.32 Å². The molecule has 1 N–H and O–H groups in total. The first kappa shape index (κ1) is 16.5. The van der Waals surface area contributed by atoms with Crippen molar-refractivity contribution in [3.63, 3.8) is 0 Å². The molecule has 1 aliphatic carbocycles. The van der Waals surface area contributed by atoms with Crippen LogP contribution in [-0.4, -0.2) is 17.4 Å². The number of hydrogen-bond donors (Lipinski definition) is 1. The van der Waals surface area contributed by atoms with Crippen molar-refractivity contribution in [2.24, 2.45) is 0 Å². The van der Waals surface area contributed by atoms with Crippen LogP contribution in [0, 0.1) is 10.1 Å². The zero-order valence-corrected chi connectivity index (χ0v) is 13.8. The van der Waals surface area contributed by atoms with Gasteiger partial charge in [-0.05, 0) is 30.5 Å². The van der Waals surface area contributed by atoms with Crippen molar-refractivity contribution in [1.29, 1.82) is 0 Å². The van der Waals surface area contributed by atoms with Crippen molar-refractivity contribution in [3.8, 4) is 0 Å². The molecule has 0 aromatic heterocycles. The average Bonchev–Trinajstić information content (AvgIpc) is 2.54. The fraction of sp³-hybridized carbons (Fsp3) is 0.278. The summed E-state index contributed by atoms with van der Waals surface area (Å²) in [7, 11) is 0. The molecule has 1 fully saturated rings. The minimum atomic E-state index is -0.586. The summed E-state index contributed by atoms with van der Waals surface area (Å²) in [5, 5.41) is 14.2. The molecule has 2 aromatic carbocycles. The van der Waals surface area contributed by atoms with Crippen LogP contribution < -0.4 is 5.32 Å². The number of rotatable bonds is 5. The highest BCUT2D eigenvalue weighted by molar-refractivity contribution is 6.31. The SMILES string of the molecule is O=C(NCC1(c2ccccc2)CCC1)c1ccc(Cl)cc1[N+](=O)[O-]. The lowest BCUT2D eigenvalue weighted by Gasteiger charge is -2.42. The van der Waals surface area contributed by atoms with Crippen LogP contribution in [0.1, 0.15) is 35.2 Å². The number of nitrogens with one attached hydrogen (secondary N) is 1. The zero-order valence-electron chi connectivity index (χ0n) is 13.0. The maximum Gasteiger partial charge on any atom is 0.283 e. The molecule has 3 rings (SSSR count). The summed E-state index contributed by atoms with van der Waals surface area (Å²) in [5.41, 5.74) is 0.884. The standard InChI is InChI=1S/C18H17ClN2O3/c19-14-7-8-15(16(11-14)21(23)24)17(22)20-12-18(9-4-10-18)13-5-2-1-3-6-13/h1-3,5-8,11H,4,9-10,12H2,(H,20,22). The molecule has 0 spiro atoms. The first-order valence-electron chi connectivity index (χ1n) is 7.79. The summed E-state index contributed by atoms with van der Waals surface area (Å²) in [6.07, 6.45) is 3.12. The predicted octanol–water partition coefficient (Wildman–Crippen LogP) is 4.10. The summed E-state index contributed by atoms with van der Waals surface area (Å²) < 4.78 is 0. The summed E-state index contributed by atoms with van der Waals surface area (Å²) in [4.78, 5) is 23.0. The third kappa shape index (κ3) is 3.12. The van der Waals surface area contributed by atoms with E-state index in [0.29, 0.717) is 6.54 Å². The molecule has 1 amide bonds. The largest absolute Gasteiger partial charge is 0.351 e. The highest BCUT2D eigenvalue weighted by Gasteiger charge is 2.39. The van der Waals surface area contributed by atoms with Crippen LogP contribution in [-0.2, 0) is 5.41 Å². The second-order valence-corrected chi connectivity index (χ2v) is 6.54. The Balaban J connectivity index is 1.77. The lowest BCUT2D eigenvalue weighted by atomic mass is 9.64. The lowest BCUT2D eigenvalue weighted by molar-refractivity contribution is -0.385. The van der Waals surface area contributed by atoms with Gasteiger partial charge in [0.25, 0.3) is 11.6 Å². The molecular formula is C18H17ClN2O3. The van der Waals surface area contributed by atoms with Crippen LogP contribution in [0.3, 0.4) is 0 Å². The second kappa shape index (κ2) is 6.61. The van der Waals surface area contributed by atoms with E-state index in [4.69, 9.17) is 11.6 Å². The van der Waals surface area contributed by atoms with Crippen molar-refractivity contribution in [2.75, 3.05) is 6.54 Å². The molecule has 124 valence electrons. The molecule has 0 aliphatic heterocycles. The Hall–Kier alpha value is -2.40. The van der Waals surface area contributed by atoms with Gasteiger partial charge in [0.05, 0.1) is 4.92 Å². The van der Waals surface area contributed by atoms with Gasteiger partial charge in [0.2, 0.25) is 0 Å². The Kier molecular flexibility index (Phi) is 4.53. The van der Waals surface area contributed by atoms with Gasteiger partial charge >= 0.3 is 0 Å². The predicted molar refractivity (Wildman–Crippen MR) is 92.4 cm³/mol. The van der Waals surface area contributed by atoms with Crippen LogP contribution in [0.4, 0.5) is 5.69 Å². The van der Waals surface area contributed by atoms with Gasteiger partial charge in [-0.1, -0.05) is 48.4 Å². The fourth-order valence-corrected chi connectivity index (χ4v) is 3.32. The monoisotopic (exact) mass is 344 g/mol. The molecule has 0 saturated heterocycles. The van der Waals surface area contributed by atoms with Gasteiger partial charge in [0.1, 0.15) is 5.56 Å². The highest BCUT2D eigenvalue weighted by atomic mass is 35.5. The Morgan fingerprint density at radius 2 is 1.92 bits per heavy atom. The van der Waals surface area contributed by atoms with E-state index in [-0.39, 0.29) is 21.7 Å². The van der Waals surface area contributed by atoms with E-state index in [0.717, 1.165) is 19.3 Å². The van der Waals surface area contributed by atoms with Gasteiger partial charge in [-0.15, -0.1) is 0 Å². The molecule has 1 saturated carbocycles. The number of hydrogen-bond acceptors (Lipinski definition) is 3. The average molecular weight is 345 g/mol. The van der Waals surface area contributed by atoms with E-state index in [1.54, 1.807) is 0 Å². The van der Waals surface area contributed by atoms with Crippen LogP contribution in [0.25, 0.3) is 0 Å². The van der Waals surface area contributed by atoms with Gasteiger partial charge in [-0.25, -0.2) is 0 Å². The molecular weight excluding hydrogens is 328 g/mol. The second-order valence-electron chi connectivity index (χ2n) is 6.10. The van der Waals surface area contributed by atoms with Crippen LogP contribution in [0.2, 0.25) is 5.02 Å². The normalized spacial score (nSPS) is 15.4. The quantitative estimate of drug-likeness (QED) is 0.655. The summed E-state index contributed by atoms with van der Waals surface area (Å²) in [6, 6.07) is 14.2. The van der Waals surface area contributed by atoms with Gasteiger partial charge < -0.3 is 5.32 Å². The minimum absolute atomic E-state index is 0.0342. The molecule has 24 heavy (non-hydrogen) atoms. The lowest BCUT2D eigenvalue weighted by Crippen LogP contribution is -2.45. The van der Waals surface area contributed by atoms with E-state index in [1.807, 2.05) is 18.2 Å². The van der Waals surface area contributed by atoms with Crippen molar-refractivity contribution in [2.45, 2.75) is 24.7 Å². The molecule has 5 nitrogen and oxygen atoms in total. The number of carbonyl (C=O) groups is 1. The first-order chi connectivity index (χ1) is 11.5. The number of nitro benzene ring substituents is 1. The third-order valence-electron chi connectivity index (χ3n) is 4.69. The molecule has 6 heteroatoms. The van der Waals surface area contributed by atoms with E-state index < -0.39 is 10.8 Å². The topological polar surface area (TPSA) is 72.2 Å². The van der Waals surface area contributed by atoms with Crippen molar-refractivity contribution < 1.29 is 9.72 Å². The molecule has 0 heterocycles. The number of nitrogens with zero attached hydrogens (tertiary/aromatic N) is 1. The van der Waals surface area contributed by atoms with Gasteiger partial charge in [0.15, 0.2) is 0 Å². The molecule has 0 unspecified atom stereocenters. The maximum absolute atomic E-state index is 12.4. The Bertz CT molecular complexity index is 773. The van der Waals surface area contributed by atoms with E-state index in [9.17, 15) is 14.9 Å². The smallest absolute Gasteiger partial charge is 0.283 e. The third-order valence-corrected chi connectivity index (χ3v) is 4.92. The highest BCUT2D eigenvalue weighted by Crippen LogP contribution is 2.43.